The Morgan fingerprint density at radius 1 is 1.42 bits per heavy atom. The van der Waals surface area contributed by atoms with E-state index in [9.17, 15) is 9.59 Å². The molecule has 0 atom stereocenters. The maximum atomic E-state index is 11.0. The average molecular weight is 285 g/mol. The summed E-state index contributed by atoms with van der Waals surface area (Å²) in [5.41, 5.74) is 5.94. The van der Waals surface area contributed by atoms with Gasteiger partial charge < -0.3 is 15.8 Å². The van der Waals surface area contributed by atoms with Crippen molar-refractivity contribution in [1.29, 1.82) is 0 Å². The van der Waals surface area contributed by atoms with Crippen molar-refractivity contribution < 1.29 is 14.3 Å². The van der Waals surface area contributed by atoms with Crippen molar-refractivity contribution in [3.63, 3.8) is 0 Å². The number of methoxy groups -OCH3 is 1. The number of amides is 1. The average Bonchev–Trinajstić information content (AvgIpc) is 2.83. The fraction of sp³-hybridized carbons (Fsp3) is 0.583. The smallest absolute Gasteiger partial charge is 0.305 e. The summed E-state index contributed by atoms with van der Waals surface area (Å²) in [6, 6.07) is 0. The maximum absolute atomic E-state index is 11.0. The number of rotatable bonds is 9. The normalized spacial score (nSPS) is 10.2. The molecule has 1 aromatic rings. The number of primary amides is 1. The molecule has 0 bridgehead atoms. The Kier molecular flexibility index (Phi) is 6.88. The first-order valence-corrected chi connectivity index (χ1v) is 7.03. The van der Waals surface area contributed by atoms with Gasteiger partial charge >= 0.3 is 5.97 Å². The highest BCUT2D eigenvalue weighted by atomic mass is 32.1. The minimum absolute atomic E-state index is 0.228. The van der Waals surface area contributed by atoms with E-state index in [4.69, 9.17) is 5.73 Å². The van der Waals surface area contributed by atoms with Crippen LogP contribution >= 0.6 is 11.3 Å². The lowest BCUT2D eigenvalue weighted by molar-refractivity contribution is -0.140. The van der Waals surface area contributed by atoms with E-state index in [2.05, 4.69) is 15.0 Å². The number of nitrogens with one attached hydrogen (secondary N) is 1. The largest absolute Gasteiger partial charge is 0.469 e. The van der Waals surface area contributed by atoms with E-state index in [1.54, 1.807) is 0 Å². The number of aryl methyl sites for hydroxylation is 1. The Morgan fingerprint density at radius 2 is 2.21 bits per heavy atom. The van der Waals surface area contributed by atoms with Crippen molar-refractivity contribution in [2.24, 2.45) is 5.73 Å². The molecule has 1 heterocycles. The number of carbonyl (C=O) groups excluding carboxylic acids is 2. The fourth-order valence-corrected chi connectivity index (χ4v) is 2.23. The van der Waals surface area contributed by atoms with E-state index in [0.29, 0.717) is 19.3 Å². The van der Waals surface area contributed by atoms with Gasteiger partial charge in [-0.25, -0.2) is 4.98 Å². The number of thiazole rings is 1. The fourth-order valence-electron chi connectivity index (χ4n) is 1.45. The number of ether oxygens (including phenoxy) is 1. The van der Waals surface area contributed by atoms with Crippen molar-refractivity contribution in [3.05, 3.63) is 11.1 Å². The number of hydrogen-bond acceptors (Lipinski definition) is 6. The first-order chi connectivity index (χ1) is 9.11. The number of unbranched alkanes of at least 4 members (excludes halogenated alkanes) is 1. The summed E-state index contributed by atoms with van der Waals surface area (Å²) in [4.78, 5) is 25.9. The van der Waals surface area contributed by atoms with Gasteiger partial charge in [-0.05, 0) is 12.8 Å². The van der Waals surface area contributed by atoms with E-state index in [1.165, 1.54) is 18.4 Å². The second kappa shape index (κ2) is 8.47. The van der Waals surface area contributed by atoms with E-state index in [0.717, 1.165) is 30.2 Å². The quantitative estimate of drug-likeness (QED) is 0.527. The number of anilines is 1. The molecule has 6 nitrogen and oxygen atoms in total. The zero-order valence-electron chi connectivity index (χ0n) is 11.0. The number of nitrogens with two attached hydrogens (primary N) is 1. The number of nitrogens with zero attached hydrogens (tertiary/aromatic N) is 1. The lowest BCUT2D eigenvalue weighted by Gasteiger charge is -2.01. The van der Waals surface area contributed by atoms with Gasteiger partial charge in [-0.1, -0.05) is 0 Å². The van der Waals surface area contributed by atoms with Gasteiger partial charge in [0.1, 0.15) is 0 Å². The summed E-state index contributed by atoms with van der Waals surface area (Å²) >= 11 is 1.51. The van der Waals surface area contributed by atoms with E-state index >= 15 is 0 Å². The van der Waals surface area contributed by atoms with Crippen LogP contribution in [0.15, 0.2) is 5.38 Å². The van der Waals surface area contributed by atoms with Crippen molar-refractivity contribution in [1.82, 2.24) is 4.98 Å². The van der Waals surface area contributed by atoms with Crippen molar-refractivity contribution in [3.8, 4) is 0 Å². The molecule has 106 valence electrons. The predicted molar refractivity (Wildman–Crippen MR) is 74.0 cm³/mol. The number of esters is 1. The van der Waals surface area contributed by atoms with Crippen molar-refractivity contribution in [2.75, 3.05) is 19.0 Å². The van der Waals surface area contributed by atoms with Gasteiger partial charge in [0, 0.05) is 24.8 Å². The van der Waals surface area contributed by atoms with Crippen molar-refractivity contribution >= 4 is 28.3 Å². The summed E-state index contributed by atoms with van der Waals surface area (Å²) in [6.07, 6.45) is 3.01. The van der Waals surface area contributed by atoms with Crippen LogP contribution in [-0.4, -0.2) is 30.5 Å². The van der Waals surface area contributed by atoms with E-state index < -0.39 is 0 Å². The Bertz CT molecular complexity index is 420. The van der Waals surface area contributed by atoms with Crippen LogP contribution in [0.2, 0.25) is 0 Å². The van der Waals surface area contributed by atoms with Crippen LogP contribution in [0.3, 0.4) is 0 Å². The monoisotopic (exact) mass is 285 g/mol. The first-order valence-electron chi connectivity index (χ1n) is 6.15. The third-order valence-electron chi connectivity index (χ3n) is 2.49. The topological polar surface area (TPSA) is 94.3 Å². The minimum Gasteiger partial charge on any atom is -0.469 e. The second-order valence-corrected chi connectivity index (χ2v) is 4.93. The second-order valence-electron chi connectivity index (χ2n) is 4.07. The summed E-state index contributed by atoms with van der Waals surface area (Å²) in [6.45, 7) is 0.761. The molecule has 0 fully saturated rings. The number of carbonyl (C=O) groups is 2. The Labute approximate surface area is 116 Å². The molecule has 1 aromatic heterocycles. The molecular formula is C12H19N3O3S. The van der Waals surface area contributed by atoms with Crippen LogP contribution in [0.25, 0.3) is 0 Å². The molecule has 0 aliphatic carbocycles. The van der Waals surface area contributed by atoms with Gasteiger partial charge in [-0.2, -0.15) is 0 Å². The molecule has 0 spiro atoms. The molecular weight excluding hydrogens is 266 g/mol. The molecule has 0 saturated heterocycles. The van der Waals surface area contributed by atoms with Gasteiger partial charge in [0.25, 0.3) is 0 Å². The van der Waals surface area contributed by atoms with Crippen LogP contribution in [0.5, 0.6) is 0 Å². The molecule has 19 heavy (non-hydrogen) atoms. The molecule has 0 aromatic carbocycles. The van der Waals surface area contributed by atoms with Crippen LogP contribution in [-0.2, 0) is 20.7 Å². The predicted octanol–water partition coefficient (Wildman–Crippen LogP) is 1.32. The highest BCUT2D eigenvalue weighted by molar-refractivity contribution is 7.13. The summed E-state index contributed by atoms with van der Waals surface area (Å²) in [7, 11) is 1.38. The lowest BCUT2D eigenvalue weighted by Crippen LogP contribution is -2.10. The Balaban J connectivity index is 2.19. The standard InChI is InChI=1S/C12H19N3O3S/c1-18-11(17)6-5-9-8-19-12(15-9)14-7-3-2-4-10(13)16/h8H,2-7H2,1H3,(H2,13,16)(H,14,15). The van der Waals surface area contributed by atoms with E-state index in [1.807, 2.05) is 5.38 Å². The van der Waals surface area contributed by atoms with Gasteiger partial charge in [-0.3, -0.25) is 9.59 Å². The highest BCUT2D eigenvalue weighted by Gasteiger charge is 2.05. The Hall–Kier alpha value is -1.63. The van der Waals surface area contributed by atoms with E-state index in [-0.39, 0.29) is 11.9 Å². The molecule has 3 N–H and O–H groups in total. The minimum atomic E-state index is -0.264. The molecule has 7 heteroatoms. The van der Waals surface area contributed by atoms with Crippen LogP contribution in [0, 0.1) is 0 Å². The summed E-state index contributed by atoms with van der Waals surface area (Å²) in [5.74, 6) is -0.492. The SMILES string of the molecule is COC(=O)CCc1csc(NCCCCC(N)=O)n1. The number of hydrogen-bond donors (Lipinski definition) is 2. The molecule has 0 aliphatic rings. The highest BCUT2D eigenvalue weighted by Crippen LogP contribution is 2.16. The van der Waals surface area contributed by atoms with Crippen molar-refractivity contribution in [2.45, 2.75) is 32.1 Å². The maximum Gasteiger partial charge on any atom is 0.305 e. The van der Waals surface area contributed by atoms with Gasteiger partial charge in [0.05, 0.1) is 19.2 Å². The molecule has 0 unspecified atom stereocenters. The zero-order chi connectivity index (χ0) is 14.1. The third-order valence-corrected chi connectivity index (χ3v) is 3.34. The van der Waals surface area contributed by atoms with Crippen LogP contribution in [0.1, 0.15) is 31.4 Å². The van der Waals surface area contributed by atoms with Gasteiger partial charge in [0.15, 0.2) is 5.13 Å². The Morgan fingerprint density at radius 3 is 2.89 bits per heavy atom. The van der Waals surface area contributed by atoms with Gasteiger partial charge in [0.2, 0.25) is 5.91 Å². The zero-order valence-corrected chi connectivity index (χ0v) is 11.8. The summed E-state index contributed by atoms with van der Waals surface area (Å²) in [5, 5.41) is 5.94. The number of aromatic nitrogens is 1. The van der Waals surface area contributed by atoms with Crippen LogP contribution in [0.4, 0.5) is 5.13 Å². The lowest BCUT2D eigenvalue weighted by atomic mass is 10.2. The van der Waals surface area contributed by atoms with Gasteiger partial charge in [-0.15, -0.1) is 11.3 Å². The first kappa shape index (κ1) is 15.4. The molecule has 1 rings (SSSR count). The molecule has 0 saturated carbocycles. The summed E-state index contributed by atoms with van der Waals surface area (Å²) < 4.78 is 4.57. The molecule has 0 radical (unpaired) electrons. The third kappa shape index (κ3) is 6.76. The molecule has 1 amide bonds. The molecule has 0 aliphatic heterocycles. The van der Waals surface area contributed by atoms with Crippen LogP contribution < -0.4 is 11.1 Å².